The predicted octanol–water partition coefficient (Wildman–Crippen LogP) is 4.61. The molecule has 0 atom stereocenters. The Morgan fingerprint density at radius 3 is 2.19 bits per heavy atom. The first-order valence-corrected chi connectivity index (χ1v) is 9.81. The minimum Gasteiger partial charge on any atom is -0.413 e. The fraction of sp³-hybridized carbons (Fsp3) is 0.250. The molecular weight excluding hydrogens is 293 g/mol. The van der Waals surface area contributed by atoms with E-state index in [-0.39, 0.29) is 12.2 Å². The van der Waals surface area contributed by atoms with Gasteiger partial charge in [0.05, 0.1) is 12.2 Å². The molecule has 1 nitrogen and oxygen atoms in total. The van der Waals surface area contributed by atoms with Gasteiger partial charge in [-0.25, -0.2) is 13.2 Å². The van der Waals surface area contributed by atoms with Crippen molar-refractivity contribution >= 4 is 8.32 Å². The minimum absolute atomic E-state index is 0.249. The van der Waals surface area contributed by atoms with Gasteiger partial charge in [0.2, 0.25) is 0 Å². The Labute approximate surface area is 123 Å². The summed E-state index contributed by atoms with van der Waals surface area (Å²) in [5, 5.41) is 0. The van der Waals surface area contributed by atoms with Crippen molar-refractivity contribution in [3.05, 3.63) is 71.0 Å². The minimum atomic E-state index is -2.15. The van der Waals surface area contributed by atoms with E-state index in [4.69, 9.17) is 4.43 Å². The Hall–Kier alpha value is -1.59. The number of benzene rings is 2. The zero-order valence-electron chi connectivity index (χ0n) is 12.0. The fourth-order valence-electron chi connectivity index (χ4n) is 2.11. The van der Waals surface area contributed by atoms with Crippen molar-refractivity contribution in [1.82, 2.24) is 0 Å². The molecule has 0 aliphatic rings. The van der Waals surface area contributed by atoms with Crippen LogP contribution in [0.3, 0.4) is 0 Å². The molecule has 2 rings (SSSR count). The van der Waals surface area contributed by atoms with Crippen LogP contribution in [0.4, 0.5) is 13.2 Å². The normalized spacial score (nSPS) is 11.7. The summed E-state index contributed by atoms with van der Waals surface area (Å²) in [5.74, 6) is -3.00. The van der Waals surface area contributed by atoms with Gasteiger partial charge in [-0.05, 0) is 36.8 Å². The predicted molar refractivity (Wildman–Crippen MR) is 78.7 cm³/mol. The molecule has 0 saturated heterocycles. The number of hydrogen-bond donors (Lipinski definition) is 0. The van der Waals surface area contributed by atoms with Gasteiger partial charge in [-0.1, -0.05) is 30.3 Å². The molecule has 0 aliphatic carbocycles. The van der Waals surface area contributed by atoms with Crippen LogP contribution in [0.1, 0.15) is 11.1 Å². The zero-order valence-corrected chi connectivity index (χ0v) is 13.0. The third-order valence-electron chi connectivity index (χ3n) is 3.22. The van der Waals surface area contributed by atoms with Crippen LogP contribution in [0.25, 0.3) is 0 Å². The maximum atomic E-state index is 13.6. The van der Waals surface area contributed by atoms with E-state index in [1.807, 2.05) is 43.4 Å². The van der Waals surface area contributed by atoms with Gasteiger partial charge in [0.1, 0.15) is 5.82 Å². The molecule has 2 aromatic carbocycles. The second kappa shape index (κ2) is 6.45. The smallest absolute Gasteiger partial charge is 0.191 e. The molecule has 112 valence electrons. The Morgan fingerprint density at radius 2 is 1.52 bits per heavy atom. The van der Waals surface area contributed by atoms with Crippen LogP contribution in [-0.2, 0) is 17.1 Å². The van der Waals surface area contributed by atoms with Crippen LogP contribution in [0.15, 0.2) is 42.5 Å². The summed E-state index contributed by atoms with van der Waals surface area (Å²) < 4.78 is 46.0. The molecule has 0 unspecified atom stereocenters. The van der Waals surface area contributed by atoms with Gasteiger partial charge in [-0.15, -0.1) is 0 Å². The third-order valence-corrected chi connectivity index (χ3v) is 5.40. The van der Waals surface area contributed by atoms with E-state index in [0.29, 0.717) is 0 Å². The lowest BCUT2D eigenvalue weighted by Crippen LogP contribution is -2.34. The summed E-state index contributed by atoms with van der Waals surface area (Å²) >= 11 is 0. The lowest BCUT2D eigenvalue weighted by Gasteiger charge is -2.23. The maximum absolute atomic E-state index is 13.6. The van der Waals surface area contributed by atoms with Gasteiger partial charge >= 0.3 is 0 Å². The monoisotopic (exact) mass is 310 g/mol. The highest BCUT2D eigenvalue weighted by Gasteiger charge is 2.25. The molecule has 0 aliphatic heterocycles. The SMILES string of the molecule is C[Si](C)(Cc1ccccc1)OCc1c(F)ccc(F)c1F. The van der Waals surface area contributed by atoms with Gasteiger partial charge < -0.3 is 4.43 Å². The van der Waals surface area contributed by atoms with E-state index in [1.54, 1.807) is 0 Å². The highest BCUT2D eigenvalue weighted by Crippen LogP contribution is 2.20. The number of rotatable bonds is 5. The van der Waals surface area contributed by atoms with Crippen molar-refractivity contribution < 1.29 is 17.6 Å². The van der Waals surface area contributed by atoms with E-state index in [0.717, 1.165) is 23.7 Å². The molecule has 0 saturated carbocycles. The van der Waals surface area contributed by atoms with Gasteiger partial charge in [-0.2, -0.15) is 0 Å². The average Bonchev–Trinajstić information content (AvgIpc) is 2.43. The first-order valence-electron chi connectivity index (χ1n) is 6.69. The molecule has 21 heavy (non-hydrogen) atoms. The third kappa shape index (κ3) is 4.19. The molecule has 0 fully saturated rings. The Kier molecular flexibility index (Phi) is 4.85. The molecular formula is C16H17F3OSi. The lowest BCUT2D eigenvalue weighted by atomic mass is 10.2. The summed E-state index contributed by atoms with van der Waals surface area (Å²) in [5.41, 5.74) is 0.776. The first kappa shape index (κ1) is 15.8. The van der Waals surface area contributed by atoms with E-state index in [1.165, 1.54) is 0 Å². The van der Waals surface area contributed by atoms with Gasteiger partial charge in [-0.3, -0.25) is 0 Å². The molecule has 0 amide bonds. The van der Waals surface area contributed by atoms with E-state index in [2.05, 4.69) is 0 Å². The summed E-state index contributed by atoms with van der Waals surface area (Å²) in [4.78, 5) is 0. The van der Waals surface area contributed by atoms with Crippen molar-refractivity contribution in [3.63, 3.8) is 0 Å². The Bertz CT molecular complexity index is 614. The van der Waals surface area contributed by atoms with E-state index in [9.17, 15) is 13.2 Å². The highest BCUT2D eigenvalue weighted by atomic mass is 28.4. The molecule has 0 heterocycles. The van der Waals surface area contributed by atoms with Crippen molar-refractivity contribution in [1.29, 1.82) is 0 Å². The Morgan fingerprint density at radius 1 is 0.905 bits per heavy atom. The average molecular weight is 310 g/mol. The quantitative estimate of drug-likeness (QED) is 0.579. The van der Waals surface area contributed by atoms with Crippen molar-refractivity contribution in [2.24, 2.45) is 0 Å². The van der Waals surface area contributed by atoms with Crippen LogP contribution in [0, 0.1) is 17.5 Å². The highest BCUT2D eigenvalue weighted by molar-refractivity contribution is 6.70. The lowest BCUT2D eigenvalue weighted by molar-refractivity contribution is 0.278. The summed E-state index contributed by atoms with van der Waals surface area (Å²) in [7, 11) is -2.15. The van der Waals surface area contributed by atoms with Gasteiger partial charge in [0.25, 0.3) is 0 Å². The van der Waals surface area contributed by atoms with E-state index >= 15 is 0 Å². The van der Waals surface area contributed by atoms with Gasteiger partial charge in [0.15, 0.2) is 20.0 Å². The van der Waals surface area contributed by atoms with Crippen molar-refractivity contribution in [2.45, 2.75) is 25.7 Å². The fourth-order valence-corrected chi connectivity index (χ4v) is 3.96. The summed E-state index contributed by atoms with van der Waals surface area (Å²) in [6.45, 7) is 3.69. The standard InChI is InChI=1S/C16H17F3OSi/c1-21(2,11-12-6-4-3-5-7-12)20-10-13-14(17)8-9-15(18)16(13)19/h3-9H,10-11H2,1-2H3. The molecule has 5 heteroatoms. The zero-order chi connectivity index (χ0) is 15.5. The van der Waals surface area contributed by atoms with Gasteiger partial charge in [0, 0.05) is 0 Å². The van der Waals surface area contributed by atoms with Crippen molar-refractivity contribution in [3.8, 4) is 0 Å². The first-order chi connectivity index (χ1) is 9.89. The van der Waals surface area contributed by atoms with E-state index < -0.39 is 25.8 Å². The topological polar surface area (TPSA) is 9.23 Å². The second-order valence-corrected chi connectivity index (χ2v) is 9.69. The van der Waals surface area contributed by atoms with Crippen LogP contribution >= 0.6 is 0 Å². The van der Waals surface area contributed by atoms with Crippen molar-refractivity contribution in [2.75, 3.05) is 0 Å². The molecule has 0 spiro atoms. The summed E-state index contributed by atoms with van der Waals surface area (Å²) in [6, 6.07) is 12.2. The van der Waals surface area contributed by atoms with Crippen LogP contribution in [-0.4, -0.2) is 8.32 Å². The van der Waals surface area contributed by atoms with Crippen LogP contribution in [0.5, 0.6) is 0 Å². The van der Waals surface area contributed by atoms with Crippen LogP contribution in [0.2, 0.25) is 13.1 Å². The largest absolute Gasteiger partial charge is 0.413 e. The molecule has 0 N–H and O–H groups in total. The molecule has 0 aromatic heterocycles. The number of hydrogen-bond acceptors (Lipinski definition) is 1. The number of halogens is 3. The maximum Gasteiger partial charge on any atom is 0.191 e. The second-order valence-electron chi connectivity index (χ2n) is 5.53. The molecule has 2 aromatic rings. The Balaban J connectivity index is 2.07. The molecule has 0 radical (unpaired) electrons. The molecule has 0 bridgehead atoms. The van der Waals surface area contributed by atoms with Crippen LogP contribution < -0.4 is 0 Å². The summed E-state index contributed by atoms with van der Waals surface area (Å²) in [6.07, 6.45) is 0.